The summed E-state index contributed by atoms with van der Waals surface area (Å²) in [6.45, 7) is 0.682. The van der Waals surface area contributed by atoms with Crippen molar-refractivity contribution in [3.05, 3.63) is 104 Å². The number of fused-ring (bicyclic) bond motifs is 2. The Morgan fingerprint density at radius 1 is 1.15 bits per heavy atom. The van der Waals surface area contributed by atoms with E-state index in [9.17, 15) is 14.9 Å². The zero-order valence-electron chi connectivity index (χ0n) is 17.9. The van der Waals surface area contributed by atoms with Crippen LogP contribution >= 0.6 is 15.9 Å². The Labute approximate surface area is 199 Å². The van der Waals surface area contributed by atoms with E-state index in [4.69, 9.17) is 4.74 Å². The highest BCUT2D eigenvalue weighted by Crippen LogP contribution is 2.53. The van der Waals surface area contributed by atoms with E-state index >= 15 is 0 Å². The summed E-state index contributed by atoms with van der Waals surface area (Å²) in [6.07, 6.45) is 0. The van der Waals surface area contributed by atoms with Crippen molar-refractivity contribution in [2.45, 2.75) is 24.1 Å². The van der Waals surface area contributed by atoms with Gasteiger partial charge in [0.1, 0.15) is 12.4 Å². The maximum absolute atomic E-state index is 13.3. The van der Waals surface area contributed by atoms with Crippen molar-refractivity contribution in [3.8, 4) is 5.75 Å². The molecule has 0 unspecified atom stereocenters. The van der Waals surface area contributed by atoms with Gasteiger partial charge in [-0.2, -0.15) is 0 Å². The molecule has 2 aliphatic rings. The predicted molar refractivity (Wildman–Crippen MR) is 128 cm³/mol. The zero-order chi connectivity index (χ0) is 23.2. The van der Waals surface area contributed by atoms with Gasteiger partial charge in [-0.1, -0.05) is 64.5 Å². The largest absolute Gasteiger partial charge is 0.489 e. The SMILES string of the molecule is CN1C[C@H](c2cc(Br)ccc2OCc2ccccc2)[C@@H]([N+](=O)[O-])[C@]12C(=O)Nc1ccccc12. The van der Waals surface area contributed by atoms with Crippen molar-refractivity contribution < 1.29 is 14.5 Å². The van der Waals surface area contributed by atoms with Crippen LogP contribution in [0.15, 0.2) is 77.3 Å². The molecule has 3 atom stereocenters. The van der Waals surface area contributed by atoms with Gasteiger partial charge in [0.25, 0.3) is 11.9 Å². The smallest absolute Gasteiger partial charge is 0.256 e. The average molecular weight is 508 g/mol. The minimum absolute atomic E-state index is 0.308. The van der Waals surface area contributed by atoms with Crippen LogP contribution in [0.3, 0.4) is 0 Å². The molecule has 0 aromatic heterocycles. The van der Waals surface area contributed by atoms with Gasteiger partial charge in [-0.05, 0) is 36.9 Å². The number of amides is 1. The van der Waals surface area contributed by atoms with E-state index in [1.165, 1.54) is 0 Å². The number of ether oxygens (including phenoxy) is 1. The fourth-order valence-electron chi connectivity index (χ4n) is 5.24. The van der Waals surface area contributed by atoms with Crippen LogP contribution in [-0.2, 0) is 16.9 Å². The van der Waals surface area contributed by atoms with E-state index in [-0.39, 0.29) is 10.8 Å². The van der Waals surface area contributed by atoms with Crippen molar-refractivity contribution in [2.24, 2.45) is 0 Å². The average Bonchev–Trinajstić information content (AvgIpc) is 3.28. The maximum atomic E-state index is 13.3. The van der Waals surface area contributed by atoms with E-state index in [2.05, 4.69) is 21.2 Å². The van der Waals surface area contributed by atoms with Crippen LogP contribution in [-0.4, -0.2) is 35.4 Å². The molecular formula is C25H22BrN3O4. The highest BCUT2D eigenvalue weighted by atomic mass is 79.9. The molecule has 3 aromatic carbocycles. The van der Waals surface area contributed by atoms with Crippen molar-refractivity contribution in [1.29, 1.82) is 0 Å². The number of para-hydroxylation sites is 1. The third-order valence-electron chi connectivity index (χ3n) is 6.65. The molecular weight excluding hydrogens is 486 g/mol. The molecule has 168 valence electrons. The molecule has 5 rings (SSSR count). The standard InChI is InChI=1S/C25H22BrN3O4/c1-28-14-19(18-13-17(26)11-12-22(18)33-15-16-7-3-2-4-8-16)23(29(31)32)25(28)20-9-5-6-10-21(20)27-24(25)30/h2-13,19,23H,14-15H2,1H3,(H,27,30)/t19-,23-,25-/m1/s1. The predicted octanol–water partition coefficient (Wildman–Crippen LogP) is 4.55. The number of hydrogen-bond donors (Lipinski definition) is 1. The summed E-state index contributed by atoms with van der Waals surface area (Å²) >= 11 is 3.51. The van der Waals surface area contributed by atoms with E-state index < -0.39 is 17.5 Å². The molecule has 3 aromatic rings. The summed E-state index contributed by atoms with van der Waals surface area (Å²) in [7, 11) is 1.78. The number of hydrogen-bond acceptors (Lipinski definition) is 5. The van der Waals surface area contributed by atoms with Gasteiger partial charge < -0.3 is 10.1 Å². The van der Waals surface area contributed by atoms with E-state index in [1.807, 2.05) is 65.6 Å². The Morgan fingerprint density at radius 2 is 1.88 bits per heavy atom. The number of likely N-dealkylation sites (N-methyl/N-ethyl adjacent to an activating group) is 1. The first-order valence-corrected chi connectivity index (χ1v) is 11.4. The number of likely N-dealkylation sites (tertiary alicyclic amines) is 1. The number of halogens is 1. The summed E-state index contributed by atoms with van der Waals surface area (Å²) in [5.41, 5.74) is 1.59. The lowest BCUT2D eigenvalue weighted by molar-refractivity contribution is -0.534. The summed E-state index contributed by atoms with van der Waals surface area (Å²) < 4.78 is 6.94. The summed E-state index contributed by atoms with van der Waals surface area (Å²) in [5.74, 6) is -0.335. The highest BCUT2D eigenvalue weighted by molar-refractivity contribution is 9.10. The van der Waals surface area contributed by atoms with Gasteiger partial charge in [-0.15, -0.1) is 0 Å². The van der Waals surface area contributed by atoms with Gasteiger partial charge in [0.15, 0.2) is 5.54 Å². The quantitative estimate of drug-likeness (QED) is 0.404. The van der Waals surface area contributed by atoms with Crippen LogP contribution in [0.25, 0.3) is 0 Å². The van der Waals surface area contributed by atoms with Gasteiger partial charge in [0.05, 0.1) is 5.92 Å². The van der Waals surface area contributed by atoms with Crippen molar-refractivity contribution in [3.63, 3.8) is 0 Å². The summed E-state index contributed by atoms with van der Waals surface area (Å²) in [4.78, 5) is 27.4. The van der Waals surface area contributed by atoms with Crippen molar-refractivity contribution in [1.82, 2.24) is 4.90 Å². The number of anilines is 1. The summed E-state index contributed by atoms with van der Waals surface area (Å²) in [6, 6.07) is 21.3. The highest BCUT2D eigenvalue weighted by Gasteiger charge is 2.68. The molecule has 8 heteroatoms. The molecule has 2 heterocycles. The van der Waals surface area contributed by atoms with Crippen LogP contribution in [0.4, 0.5) is 5.69 Å². The van der Waals surface area contributed by atoms with Gasteiger partial charge in [0, 0.05) is 32.8 Å². The lowest BCUT2D eigenvalue weighted by Crippen LogP contribution is -2.54. The van der Waals surface area contributed by atoms with Gasteiger partial charge in [-0.3, -0.25) is 19.8 Å². The molecule has 7 nitrogen and oxygen atoms in total. The maximum Gasteiger partial charge on any atom is 0.256 e. The van der Waals surface area contributed by atoms with Crippen molar-refractivity contribution >= 4 is 27.5 Å². The van der Waals surface area contributed by atoms with Crippen LogP contribution in [0.1, 0.15) is 22.6 Å². The number of nitrogens with zero attached hydrogens (tertiary/aromatic N) is 2. The minimum Gasteiger partial charge on any atom is -0.489 e. The van der Waals surface area contributed by atoms with Gasteiger partial charge in [0.2, 0.25) is 0 Å². The molecule has 2 aliphatic heterocycles. The molecule has 0 radical (unpaired) electrons. The number of rotatable bonds is 5. The third-order valence-corrected chi connectivity index (χ3v) is 7.14. The monoisotopic (exact) mass is 507 g/mol. The Hall–Kier alpha value is -3.23. The second kappa shape index (κ2) is 8.28. The number of carbonyl (C=O) groups is 1. The first-order valence-electron chi connectivity index (χ1n) is 10.6. The fraction of sp³-hybridized carbons (Fsp3) is 0.240. The Morgan fingerprint density at radius 3 is 2.64 bits per heavy atom. The number of carbonyl (C=O) groups excluding carboxylic acids is 1. The molecule has 0 saturated carbocycles. The normalized spacial score (nSPS) is 24.0. The molecule has 0 aliphatic carbocycles. The lowest BCUT2D eigenvalue weighted by Gasteiger charge is -2.30. The van der Waals surface area contributed by atoms with Crippen LogP contribution < -0.4 is 10.1 Å². The second-order valence-corrected chi connectivity index (χ2v) is 9.36. The molecule has 1 amide bonds. The second-order valence-electron chi connectivity index (χ2n) is 8.44. The number of nitro groups is 1. The van der Waals surface area contributed by atoms with Gasteiger partial charge >= 0.3 is 0 Å². The van der Waals surface area contributed by atoms with E-state index in [0.717, 1.165) is 10.0 Å². The molecule has 1 saturated heterocycles. The molecule has 33 heavy (non-hydrogen) atoms. The third kappa shape index (κ3) is 3.41. The molecule has 1 spiro atoms. The van der Waals surface area contributed by atoms with Crippen LogP contribution in [0, 0.1) is 10.1 Å². The molecule has 0 bridgehead atoms. The van der Waals surface area contributed by atoms with E-state index in [1.54, 1.807) is 19.2 Å². The first-order chi connectivity index (χ1) is 15.9. The van der Waals surface area contributed by atoms with E-state index in [0.29, 0.717) is 35.7 Å². The zero-order valence-corrected chi connectivity index (χ0v) is 19.5. The van der Waals surface area contributed by atoms with Crippen molar-refractivity contribution in [2.75, 3.05) is 18.9 Å². The number of nitrogens with one attached hydrogen (secondary N) is 1. The number of benzene rings is 3. The fourth-order valence-corrected chi connectivity index (χ4v) is 5.62. The Balaban J connectivity index is 1.59. The Kier molecular flexibility index (Phi) is 5.42. The van der Waals surface area contributed by atoms with Gasteiger partial charge in [-0.25, -0.2) is 0 Å². The Bertz CT molecular complexity index is 1240. The lowest BCUT2D eigenvalue weighted by atomic mass is 9.79. The van der Waals surface area contributed by atoms with Crippen LogP contribution in [0.2, 0.25) is 0 Å². The summed E-state index contributed by atoms with van der Waals surface area (Å²) in [5, 5.41) is 15.4. The topological polar surface area (TPSA) is 84.7 Å². The minimum atomic E-state index is -1.39. The molecule has 1 fully saturated rings. The molecule has 1 N–H and O–H groups in total. The van der Waals surface area contributed by atoms with Crippen LogP contribution in [0.5, 0.6) is 5.75 Å². The first kappa shape index (κ1) is 21.6.